The van der Waals surface area contributed by atoms with Gasteiger partial charge in [0.05, 0.1) is 0 Å². The van der Waals surface area contributed by atoms with Crippen LogP contribution in [-0.4, -0.2) is 59.6 Å². The van der Waals surface area contributed by atoms with Gasteiger partial charge in [0.25, 0.3) is 0 Å². The zero-order valence-corrected chi connectivity index (χ0v) is 6.46. The van der Waals surface area contributed by atoms with Crippen LogP contribution < -0.4 is 4.66 Å². The molecule has 0 aliphatic carbocycles. The molecule has 0 aromatic heterocycles. The number of hydrogen-bond acceptors (Lipinski definition) is 1. The predicted octanol–water partition coefficient (Wildman–Crippen LogP) is -4.18. The Morgan fingerprint density at radius 1 is 0.714 bits per heavy atom. The number of halogens is 1. The van der Waals surface area contributed by atoms with E-state index in [9.17, 15) is 0 Å². The van der Waals surface area contributed by atoms with Crippen molar-refractivity contribution in [2.75, 3.05) is 0 Å². The normalized spacial score (nSPS) is 0.857. The van der Waals surface area contributed by atoms with E-state index in [0.717, 1.165) is 0 Å². The maximum Gasteiger partial charge on any atom is 2.00 e. The molecule has 0 aromatic carbocycles. The second-order valence-corrected chi connectivity index (χ2v) is 0. The molecule has 8 N–H and O–H groups in total. The number of hydrogen-bond donors (Lipinski definition) is 0. The molecule has 0 rings (SSSR count). The summed E-state index contributed by atoms with van der Waals surface area (Å²) >= 11 is 3.39. The van der Waals surface area contributed by atoms with Crippen LogP contribution in [0.15, 0.2) is 0 Å². The fourth-order valence-corrected chi connectivity index (χ4v) is 0. The zero-order chi connectivity index (χ0) is 2.00. The molecule has 0 aliphatic rings. The molecule has 0 heterocycles. The minimum absolute atomic E-state index is 0. The minimum Gasteiger partial charge on any atom is -0.769 e. The third-order valence-electron chi connectivity index (χ3n) is 0. The fraction of sp³-hybridized carbons (Fsp3) is 0. The summed E-state index contributed by atoms with van der Waals surface area (Å²) in [7, 11) is 0. The van der Waals surface area contributed by atoms with Gasteiger partial charge in [-0.3, -0.25) is 0 Å². The van der Waals surface area contributed by atoms with Crippen molar-refractivity contribution >= 4 is 49.6 Å². The maximum absolute atomic E-state index is 7.72. The second kappa shape index (κ2) is 163. The molecule has 7 heteroatoms. The van der Waals surface area contributed by atoms with Gasteiger partial charge in [-0.2, -0.15) is 0 Å². The van der Waals surface area contributed by atoms with Gasteiger partial charge in [0.15, 0.2) is 0 Å². The minimum atomic E-state index is 0. The van der Waals surface area contributed by atoms with Gasteiger partial charge in [-0.15, -0.1) is 0 Å². The molecule has 0 atom stereocenters. The van der Waals surface area contributed by atoms with E-state index in [2.05, 4.69) is 11.9 Å². The molecule has 0 aliphatic heterocycles. The Morgan fingerprint density at radius 3 is 0.714 bits per heavy atom. The Hall–Kier alpha value is 1.35. The standard InChI is InChI=1S/Ca.ClO.4H2O/c;1-2;;;;/h;;4*1H2/q+2;-1;;;;. The van der Waals surface area contributed by atoms with Crippen LogP contribution in [0.4, 0.5) is 0 Å². The Kier molecular flexibility index (Phi) is 1900. The summed E-state index contributed by atoms with van der Waals surface area (Å²) in [6.07, 6.45) is 0. The summed E-state index contributed by atoms with van der Waals surface area (Å²) in [5.74, 6) is 0. The van der Waals surface area contributed by atoms with Crippen molar-refractivity contribution in [3.05, 3.63) is 0 Å². The van der Waals surface area contributed by atoms with Gasteiger partial charge in [0, 0.05) is 0 Å². The second-order valence-electron chi connectivity index (χ2n) is 0. The van der Waals surface area contributed by atoms with Gasteiger partial charge in [-0.25, -0.2) is 11.9 Å². The first kappa shape index (κ1) is 81.7. The van der Waals surface area contributed by atoms with Crippen molar-refractivity contribution in [1.29, 1.82) is 0 Å². The van der Waals surface area contributed by atoms with Crippen molar-refractivity contribution in [1.82, 2.24) is 0 Å². The van der Waals surface area contributed by atoms with Crippen LogP contribution in [-0.2, 0) is 0 Å². The first-order valence-corrected chi connectivity index (χ1v) is 0.463. The van der Waals surface area contributed by atoms with E-state index in [-0.39, 0.29) is 59.6 Å². The van der Waals surface area contributed by atoms with Crippen molar-refractivity contribution in [2.45, 2.75) is 0 Å². The molecule has 5 nitrogen and oxygen atoms in total. The van der Waals surface area contributed by atoms with Crippen molar-refractivity contribution in [2.24, 2.45) is 0 Å². The predicted molar refractivity (Wildman–Crippen MR) is 26.1 cm³/mol. The average Bonchev–Trinajstić information content (AvgIpc) is 1.00. The van der Waals surface area contributed by atoms with Crippen LogP contribution in [0.2, 0.25) is 0 Å². The molecule has 0 saturated carbocycles. The van der Waals surface area contributed by atoms with Crippen LogP contribution in [0.25, 0.3) is 0 Å². The summed E-state index contributed by atoms with van der Waals surface area (Å²) in [6, 6.07) is 0. The van der Waals surface area contributed by atoms with E-state index in [1.807, 2.05) is 0 Å². The topological polar surface area (TPSA) is 149 Å². The Morgan fingerprint density at radius 2 is 0.714 bits per heavy atom. The Bertz CT molecular complexity index is 8.04. The van der Waals surface area contributed by atoms with Crippen molar-refractivity contribution in [3.8, 4) is 0 Å². The Labute approximate surface area is 75.7 Å². The van der Waals surface area contributed by atoms with Gasteiger partial charge in [0.1, 0.15) is 0 Å². The summed E-state index contributed by atoms with van der Waals surface area (Å²) in [5.41, 5.74) is 0. The van der Waals surface area contributed by atoms with Gasteiger partial charge in [0.2, 0.25) is 0 Å². The number of rotatable bonds is 0. The molecule has 0 amide bonds. The summed E-state index contributed by atoms with van der Waals surface area (Å²) < 4.78 is 7.72. The van der Waals surface area contributed by atoms with Gasteiger partial charge < -0.3 is 26.6 Å². The van der Waals surface area contributed by atoms with Crippen molar-refractivity contribution in [3.63, 3.8) is 0 Å². The van der Waals surface area contributed by atoms with Crippen LogP contribution in [0.3, 0.4) is 0 Å². The first-order chi connectivity index (χ1) is 1.00. The van der Waals surface area contributed by atoms with Crippen LogP contribution in [0, 0.1) is 0 Å². The summed E-state index contributed by atoms with van der Waals surface area (Å²) in [6.45, 7) is 0. The van der Waals surface area contributed by atoms with Crippen LogP contribution in [0.5, 0.6) is 0 Å². The van der Waals surface area contributed by atoms with E-state index in [0.29, 0.717) is 0 Å². The molecule has 0 radical (unpaired) electrons. The molecule has 0 aromatic rings. The molecule has 0 spiro atoms. The maximum atomic E-state index is 7.72. The molecule has 0 saturated heterocycles. The molecule has 46 valence electrons. The third-order valence-corrected chi connectivity index (χ3v) is 0. The fourth-order valence-electron chi connectivity index (χ4n) is 0. The van der Waals surface area contributed by atoms with E-state index < -0.39 is 0 Å². The summed E-state index contributed by atoms with van der Waals surface area (Å²) in [4.78, 5) is 0. The van der Waals surface area contributed by atoms with Gasteiger partial charge in [-0.05, 0) is 0 Å². The summed E-state index contributed by atoms with van der Waals surface area (Å²) in [5, 5.41) is 0. The third kappa shape index (κ3) is 115. The average molecular weight is 164 g/mol. The largest absolute Gasteiger partial charge is 2.00 e. The van der Waals surface area contributed by atoms with E-state index in [4.69, 9.17) is 4.66 Å². The van der Waals surface area contributed by atoms with Crippen LogP contribution in [0.1, 0.15) is 0 Å². The quantitative estimate of drug-likeness (QED) is 0.327. The van der Waals surface area contributed by atoms with E-state index >= 15 is 0 Å². The van der Waals surface area contributed by atoms with E-state index in [1.54, 1.807) is 0 Å². The van der Waals surface area contributed by atoms with E-state index in [1.165, 1.54) is 0 Å². The molecule has 7 heavy (non-hydrogen) atoms. The molecular weight excluding hydrogens is 156 g/mol. The molecule has 0 bridgehead atoms. The zero-order valence-electron chi connectivity index (χ0n) is 3.49. The van der Waals surface area contributed by atoms with Gasteiger partial charge in [-0.1, -0.05) is 0 Å². The molecule has 0 unspecified atom stereocenters. The van der Waals surface area contributed by atoms with Gasteiger partial charge >= 0.3 is 37.7 Å². The van der Waals surface area contributed by atoms with Crippen LogP contribution >= 0.6 is 11.9 Å². The van der Waals surface area contributed by atoms with Crippen molar-refractivity contribution < 1.29 is 26.6 Å². The first-order valence-electron chi connectivity index (χ1n) is 0.154. The SMILES string of the molecule is O.O.O.O.[Ca+2].[O-]Cl. The monoisotopic (exact) mass is 163 g/mol. The Balaban J connectivity index is -0.000000000500. The smallest absolute Gasteiger partial charge is 0.769 e. The molecule has 0 fully saturated rings. The molecular formula is H8CaClO5+.